The number of sulfonamides is 1. The number of aromatic nitrogens is 2. The SMILES string of the molecule is COc1cc(OC)cc(N2CN(S(=O)(=O)c3ccccc3)CCOCC(c3nc4ccccc4[nH]3)C2=N)c1. The van der Waals surface area contributed by atoms with E-state index in [1.165, 1.54) is 4.31 Å². The van der Waals surface area contributed by atoms with Crippen LogP contribution < -0.4 is 14.4 Å². The van der Waals surface area contributed by atoms with Crippen molar-refractivity contribution >= 4 is 32.6 Å². The molecule has 0 saturated carbocycles. The summed E-state index contributed by atoms with van der Waals surface area (Å²) in [6.07, 6.45) is 0. The third-order valence-electron chi connectivity index (χ3n) is 6.46. The third-order valence-corrected chi connectivity index (χ3v) is 8.30. The molecule has 0 amide bonds. The molecule has 5 rings (SSSR count). The van der Waals surface area contributed by atoms with Gasteiger partial charge in [-0.3, -0.25) is 5.41 Å². The Hall–Kier alpha value is -3.93. The van der Waals surface area contributed by atoms with Crippen LogP contribution >= 0.6 is 0 Å². The lowest BCUT2D eigenvalue weighted by molar-refractivity contribution is 0.123. The topological polar surface area (TPSA) is 121 Å². The quantitative estimate of drug-likeness (QED) is 0.385. The number of benzene rings is 3. The molecule has 2 N–H and O–H groups in total. The molecule has 0 aliphatic carbocycles. The van der Waals surface area contributed by atoms with Gasteiger partial charge in [-0.25, -0.2) is 13.4 Å². The number of anilines is 1. The lowest BCUT2D eigenvalue weighted by Gasteiger charge is -2.32. The van der Waals surface area contributed by atoms with Gasteiger partial charge in [0.05, 0.1) is 61.6 Å². The number of hydrogen-bond donors (Lipinski definition) is 2. The highest BCUT2D eigenvalue weighted by Gasteiger charge is 2.34. The van der Waals surface area contributed by atoms with Crippen molar-refractivity contribution in [1.82, 2.24) is 14.3 Å². The molecule has 1 fully saturated rings. The molecule has 11 heteroatoms. The number of H-pyrrole nitrogens is 1. The Balaban J connectivity index is 1.61. The van der Waals surface area contributed by atoms with Crippen molar-refractivity contribution in [1.29, 1.82) is 5.41 Å². The summed E-state index contributed by atoms with van der Waals surface area (Å²) in [6, 6.07) is 21.1. The van der Waals surface area contributed by atoms with E-state index in [0.717, 1.165) is 11.0 Å². The lowest BCUT2D eigenvalue weighted by atomic mass is 10.1. The Morgan fingerprint density at radius 3 is 2.37 bits per heavy atom. The Labute approximate surface area is 221 Å². The van der Waals surface area contributed by atoms with Crippen LogP contribution in [0.2, 0.25) is 0 Å². The minimum absolute atomic E-state index is 0.106. The van der Waals surface area contributed by atoms with Crippen LogP contribution in [0.3, 0.4) is 0 Å². The standard InChI is InChI=1S/C27H29N5O5S/c1-35-20-14-19(15-21(16-20)36-2)32-18-31(38(33,34)22-8-4-3-5-9-22)12-13-37-17-23(26(32)28)27-29-24-10-6-7-11-25(24)30-27/h3-11,14-16,23,28H,12-13,17-18H2,1-2H3,(H,29,30). The van der Waals surface area contributed by atoms with Gasteiger partial charge in [0.25, 0.3) is 0 Å². The van der Waals surface area contributed by atoms with Crippen LogP contribution in [0.4, 0.5) is 5.69 Å². The highest BCUT2D eigenvalue weighted by Crippen LogP contribution is 2.32. The van der Waals surface area contributed by atoms with E-state index in [0.29, 0.717) is 23.0 Å². The molecule has 1 aliphatic heterocycles. The Morgan fingerprint density at radius 2 is 1.68 bits per heavy atom. The van der Waals surface area contributed by atoms with E-state index < -0.39 is 15.9 Å². The van der Waals surface area contributed by atoms with Gasteiger partial charge in [0.1, 0.15) is 23.2 Å². The summed E-state index contributed by atoms with van der Waals surface area (Å²) < 4.78 is 45.5. The molecular weight excluding hydrogens is 506 g/mol. The first-order valence-electron chi connectivity index (χ1n) is 12.1. The van der Waals surface area contributed by atoms with Crippen LogP contribution in [-0.4, -0.2) is 69.2 Å². The normalized spacial score (nSPS) is 17.6. The summed E-state index contributed by atoms with van der Waals surface area (Å²) in [4.78, 5) is 9.83. The van der Waals surface area contributed by atoms with E-state index in [9.17, 15) is 13.8 Å². The fourth-order valence-electron chi connectivity index (χ4n) is 4.39. The lowest BCUT2D eigenvalue weighted by Crippen LogP contribution is -2.46. The van der Waals surface area contributed by atoms with Crippen molar-refractivity contribution < 1.29 is 22.6 Å². The van der Waals surface area contributed by atoms with Crippen molar-refractivity contribution in [3.8, 4) is 11.5 Å². The molecule has 1 aromatic heterocycles. The van der Waals surface area contributed by atoms with Gasteiger partial charge in [0.15, 0.2) is 0 Å². The second-order valence-electron chi connectivity index (χ2n) is 8.79. The summed E-state index contributed by atoms with van der Waals surface area (Å²) in [7, 11) is -0.805. The van der Waals surface area contributed by atoms with E-state index in [1.807, 2.05) is 24.3 Å². The predicted octanol–water partition coefficient (Wildman–Crippen LogP) is 3.83. The molecule has 10 nitrogen and oxygen atoms in total. The Kier molecular flexibility index (Phi) is 7.32. The number of methoxy groups -OCH3 is 2. The molecule has 3 aromatic carbocycles. The smallest absolute Gasteiger partial charge is 0.244 e. The number of fused-ring (bicyclic) bond motifs is 1. The average molecular weight is 536 g/mol. The van der Waals surface area contributed by atoms with Gasteiger partial charge in [0, 0.05) is 24.7 Å². The minimum Gasteiger partial charge on any atom is -0.497 e. The van der Waals surface area contributed by atoms with Crippen LogP contribution in [0.5, 0.6) is 11.5 Å². The number of nitrogens with one attached hydrogen (secondary N) is 2. The summed E-state index contributed by atoms with van der Waals surface area (Å²) in [5.74, 6) is 1.13. The van der Waals surface area contributed by atoms with Crippen LogP contribution in [0.15, 0.2) is 77.7 Å². The molecule has 2 heterocycles. The number of hydrogen-bond acceptors (Lipinski definition) is 7. The number of imidazole rings is 1. The summed E-state index contributed by atoms with van der Waals surface area (Å²) in [5, 5.41) is 9.32. The van der Waals surface area contributed by atoms with E-state index in [4.69, 9.17) is 19.2 Å². The zero-order valence-corrected chi connectivity index (χ0v) is 21.9. The van der Waals surface area contributed by atoms with E-state index in [-0.39, 0.29) is 37.2 Å². The predicted molar refractivity (Wildman–Crippen MR) is 145 cm³/mol. The van der Waals surface area contributed by atoms with Crippen LogP contribution in [0, 0.1) is 5.41 Å². The molecule has 4 aromatic rings. The molecule has 1 saturated heterocycles. The maximum absolute atomic E-state index is 13.7. The summed E-state index contributed by atoms with van der Waals surface area (Å²) in [6.45, 7) is 0.294. The number of para-hydroxylation sites is 2. The molecule has 0 spiro atoms. The molecule has 0 bridgehead atoms. The van der Waals surface area contributed by atoms with Crippen molar-refractivity contribution in [3.63, 3.8) is 0 Å². The van der Waals surface area contributed by atoms with Gasteiger partial charge >= 0.3 is 0 Å². The molecule has 1 atom stereocenters. The van der Waals surface area contributed by atoms with Gasteiger partial charge in [-0.1, -0.05) is 30.3 Å². The molecule has 0 radical (unpaired) electrons. The van der Waals surface area contributed by atoms with Crippen molar-refractivity contribution in [3.05, 3.63) is 78.6 Å². The van der Waals surface area contributed by atoms with Crippen molar-refractivity contribution in [2.75, 3.05) is 45.5 Å². The zero-order valence-electron chi connectivity index (χ0n) is 21.1. The molecular formula is C27H29N5O5S. The summed E-state index contributed by atoms with van der Waals surface area (Å²) >= 11 is 0. The van der Waals surface area contributed by atoms with Gasteiger partial charge in [-0.2, -0.15) is 4.31 Å². The van der Waals surface area contributed by atoms with Crippen LogP contribution in [0.25, 0.3) is 11.0 Å². The number of nitrogens with zero attached hydrogens (tertiary/aromatic N) is 3. The molecule has 198 valence electrons. The first-order valence-corrected chi connectivity index (χ1v) is 13.5. The van der Waals surface area contributed by atoms with Gasteiger partial charge in [-0.05, 0) is 24.3 Å². The minimum atomic E-state index is -3.89. The van der Waals surface area contributed by atoms with E-state index in [2.05, 4.69) is 4.98 Å². The largest absolute Gasteiger partial charge is 0.497 e. The van der Waals surface area contributed by atoms with E-state index in [1.54, 1.807) is 67.7 Å². The first-order chi connectivity index (χ1) is 18.4. The second-order valence-corrected chi connectivity index (χ2v) is 10.7. The average Bonchev–Trinajstić information content (AvgIpc) is 3.40. The summed E-state index contributed by atoms with van der Waals surface area (Å²) in [5.41, 5.74) is 2.17. The zero-order chi connectivity index (χ0) is 26.7. The van der Waals surface area contributed by atoms with Gasteiger partial charge in [-0.15, -0.1) is 0 Å². The number of ether oxygens (including phenoxy) is 3. The van der Waals surface area contributed by atoms with Gasteiger partial charge in [0.2, 0.25) is 10.0 Å². The fourth-order valence-corrected chi connectivity index (χ4v) is 5.77. The van der Waals surface area contributed by atoms with Gasteiger partial charge < -0.3 is 24.1 Å². The second kappa shape index (κ2) is 10.8. The van der Waals surface area contributed by atoms with Crippen LogP contribution in [-0.2, 0) is 14.8 Å². The monoisotopic (exact) mass is 535 g/mol. The van der Waals surface area contributed by atoms with Crippen molar-refractivity contribution in [2.45, 2.75) is 10.8 Å². The fraction of sp³-hybridized carbons (Fsp3) is 0.259. The van der Waals surface area contributed by atoms with Crippen LogP contribution in [0.1, 0.15) is 11.7 Å². The maximum Gasteiger partial charge on any atom is 0.244 e. The first kappa shape index (κ1) is 25.7. The number of aromatic amines is 1. The maximum atomic E-state index is 13.7. The molecule has 38 heavy (non-hydrogen) atoms. The Bertz CT molecular complexity index is 1480. The number of rotatable bonds is 6. The molecule has 1 unspecified atom stereocenters. The highest BCUT2D eigenvalue weighted by molar-refractivity contribution is 7.89. The van der Waals surface area contributed by atoms with Crippen molar-refractivity contribution in [2.24, 2.45) is 0 Å². The number of amidine groups is 1. The highest BCUT2D eigenvalue weighted by atomic mass is 32.2. The third kappa shape index (κ3) is 5.08. The Morgan fingerprint density at radius 1 is 1.00 bits per heavy atom. The molecule has 1 aliphatic rings. The van der Waals surface area contributed by atoms with E-state index >= 15 is 0 Å².